The van der Waals surface area contributed by atoms with Gasteiger partial charge in [0.2, 0.25) is 5.91 Å². The number of benzene rings is 3. The highest BCUT2D eigenvalue weighted by atomic mass is 16.5. The number of hydrogen-bond acceptors (Lipinski definition) is 4. The molecule has 0 aliphatic rings. The van der Waals surface area contributed by atoms with Crippen LogP contribution in [0.4, 0.5) is 5.69 Å². The second kappa shape index (κ2) is 10.3. The van der Waals surface area contributed by atoms with Crippen molar-refractivity contribution in [1.29, 1.82) is 0 Å². The molecule has 0 fully saturated rings. The van der Waals surface area contributed by atoms with Crippen LogP contribution in [0.15, 0.2) is 72.8 Å². The molecule has 0 bridgehead atoms. The van der Waals surface area contributed by atoms with E-state index in [9.17, 15) is 9.59 Å². The van der Waals surface area contributed by atoms with E-state index in [0.717, 1.165) is 12.8 Å². The van der Waals surface area contributed by atoms with Gasteiger partial charge in [-0.05, 0) is 79.1 Å². The Hall–Kier alpha value is -3.80. The summed E-state index contributed by atoms with van der Waals surface area (Å²) in [4.78, 5) is 25.5. The normalized spacial score (nSPS) is 10.4. The largest absolute Gasteiger partial charge is 0.457 e. The quantitative estimate of drug-likeness (QED) is 0.515. The van der Waals surface area contributed by atoms with E-state index in [1.807, 2.05) is 14.1 Å². The van der Waals surface area contributed by atoms with Crippen LogP contribution in [0.2, 0.25) is 0 Å². The van der Waals surface area contributed by atoms with E-state index in [-0.39, 0.29) is 5.91 Å². The molecule has 3 N–H and O–H groups in total. The molecule has 0 unspecified atom stereocenters. The van der Waals surface area contributed by atoms with Gasteiger partial charge in [0.1, 0.15) is 11.5 Å². The molecule has 6 nitrogen and oxygen atoms in total. The zero-order valence-electron chi connectivity index (χ0n) is 17.8. The summed E-state index contributed by atoms with van der Waals surface area (Å²) in [5.74, 6) is 0.592. The third-order valence-corrected chi connectivity index (χ3v) is 4.87. The van der Waals surface area contributed by atoms with E-state index in [0.29, 0.717) is 29.2 Å². The number of anilines is 1. The van der Waals surface area contributed by atoms with Crippen molar-refractivity contribution in [3.05, 3.63) is 89.5 Å². The number of primary amides is 1. The van der Waals surface area contributed by atoms with Crippen LogP contribution in [-0.2, 0) is 6.42 Å². The van der Waals surface area contributed by atoms with Crippen molar-refractivity contribution < 1.29 is 14.3 Å². The summed E-state index contributed by atoms with van der Waals surface area (Å²) in [6, 6.07) is 21.9. The van der Waals surface area contributed by atoms with E-state index in [2.05, 4.69) is 34.5 Å². The van der Waals surface area contributed by atoms with Crippen molar-refractivity contribution in [1.82, 2.24) is 5.32 Å². The van der Waals surface area contributed by atoms with Gasteiger partial charge in [-0.15, -0.1) is 0 Å². The molecule has 2 amide bonds. The summed E-state index contributed by atoms with van der Waals surface area (Å²) < 4.78 is 5.73. The third-order valence-electron chi connectivity index (χ3n) is 4.87. The Morgan fingerprint density at radius 1 is 0.839 bits per heavy atom. The van der Waals surface area contributed by atoms with Crippen LogP contribution in [0.3, 0.4) is 0 Å². The van der Waals surface area contributed by atoms with Crippen molar-refractivity contribution in [3.8, 4) is 11.5 Å². The number of amides is 2. The molecule has 0 radical (unpaired) electrons. The smallest absolute Gasteiger partial charge is 0.251 e. The van der Waals surface area contributed by atoms with Crippen LogP contribution < -0.4 is 20.7 Å². The number of hydrogen-bond donors (Lipinski definition) is 2. The van der Waals surface area contributed by atoms with E-state index >= 15 is 0 Å². The van der Waals surface area contributed by atoms with Gasteiger partial charge in [-0.25, -0.2) is 0 Å². The van der Waals surface area contributed by atoms with Gasteiger partial charge >= 0.3 is 0 Å². The number of carbonyl (C=O) groups excluding carboxylic acids is 2. The van der Waals surface area contributed by atoms with Gasteiger partial charge < -0.3 is 20.7 Å². The summed E-state index contributed by atoms with van der Waals surface area (Å²) in [6.45, 7) is 0.610. The predicted molar refractivity (Wildman–Crippen MR) is 123 cm³/mol. The monoisotopic (exact) mass is 417 g/mol. The maximum Gasteiger partial charge on any atom is 0.251 e. The maximum absolute atomic E-state index is 12.3. The molecule has 160 valence electrons. The van der Waals surface area contributed by atoms with Gasteiger partial charge in [0.25, 0.3) is 5.91 Å². The lowest BCUT2D eigenvalue weighted by Crippen LogP contribution is -2.24. The first-order chi connectivity index (χ1) is 14.9. The van der Waals surface area contributed by atoms with Gasteiger partial charge in [-0.2, -0.15) is 0 Å². The van der Waals surface area contributed by atoms with Crippen LogP contribution in [0.1, 0.15) is 32.7 Å². The van der Waals surface area contributed by atoms with Crippen molar-refractivity contribution in [2.24, 2.45) is 5.73 Å². The average molecular weight is 418 g/mol. The van der Waals surface area contributed by atoms with E-state index in [1.165, 1.54) is 11.3 Å². The van der Waals surface area contributed by atoms with Crippen molar-refractivity contribution in [2.45, 2.75) is 12.8 Å². The number of aryl methyl sites for hydroxylation is 1. The first kappa shape index (κ1) is 21.9. The first-order valence-corrected chi connectivity index (χ1v) is 10.1. The van der Waals surface area contributed by atoms with Gasteiger partial charge in [0, 0.05) is 37.5 Å². The van der Waals surface area contributed by atoms with Gasteiger partial charge in [0.15, 0.2) is 0 Å². The van der Waals surface area contributed by atoms with Crippen LogP contribution in [0, 0.1) is 0 Å². The molecule has 0 spiro atoms. The topological polar surface area (TPSA) is 84.7 Å². The second-order valence-corrected chi connectivity index (χ2v) is 7.44. The summed E-state index contributed by atoms with van der Waals surface area (Å²) in [7, 11) is 4.04. The zero-order valence-corrected chi connectivity index (χ0v) is 17.8. The Morgan fingerprint density at radius 3 is 1.90 bits per heavy atom. The molecule has 0 aliphatic carbocycles. The minimum absolute atomic E-state index is 0.111. The summed E-state index contributed by atoms with van der Waals surface area (Å²) >= 11 is 0. The number of rotatable bonds is 9. The molecule has 0 heterocycles. The highest BCUT2D eigenvalue weighted by molar-refractivity contribution is 5.94. The molecule has 0 aromatic heterocycles. The van der Waals surface area contributed by atoms with Crippen LogP contribution in [-0.4, -0.2) is 32.5 Å². The molecular weight excluding hydrogens is 390 g/mol. The number of ether oxygens (including phenoxy) is 1. The molecule has 3 aromatic rings. The highest BCUT2D eigenvalue weighted by Crippen LogP contribution is 2.22. The van der Waals surface area contributed by atoms with E-state index < -0.39 is 5.91 Å². The van der Waals surface area contributed by atoms with Crippen LogP contribution in [0.5, 0.6) is 11.5 Å². The predicted octanol–water partition coefficient (Wildman–Crippen LogP) is 4.01. The Morgan fingerprint density at radius 2 is 1.39 bits per heavy atom. The van der Waals surface area contributed by atoms with E-state index in [1.54, 1.807) is 48.5 Å². The lowest BCUT2D eigenvalue weighted by molar-refractivity contribution is 0.0952. The Kier molecular flexibility index (Phi) is 7.27. The summed E-state index contributed by atoms with van der Waals surface area (Å²) in [6.07, 6.45) is 1.78. The lowest BCUT2D eigenvalue weighted by Gasteiger charge is -2.12. The fraction of sp³-hybridized carbons (Fsp3) is 0.200. The minimum atomic E-state index is -0.482. The number of nitrogens with one attached hydrogen (secondary N) is 1. The average Bonchev–Trinajstić information content (AvgIpc) is 2.78. The van der Waals surface area contributed by atoms with E-state index in [4.69, 9.17) is 10.5 Å². The zero-order chi connectivity index (χ0) is 22.2. The fourth-order valence-corrected chi connectivity index (χ4v) is 3.05. The van der Waals surface area contributed by atoms with Crippen LogP contribution >= 0.6 is 0 Å². The molecule has 6 heteroatoms. The lowest BCUT2D eigenvalue weighted by atomic mass is 10.1. The summed E-state index contributed by atoms with van der Waals surface area (Å²) in [5, 5.41) is 2.95. The van der Waals surface area contributed by atoms with Gasteiger partial charge in [0.05, 0.1) is 0 Å². The van der Waals surface area contributed by atoms with Crippen LogP contribution in [0.25, 0.3) is 0 Å². The Bertz CT molecular complexity index is 1010. The van der Waals surface area contributed by atoms with Gasteiger partial charge in [-0.3, -0.25) is 9.59 Å². The second-order valence-electron chi connectivity index (χ2n) is 7.44. The summed E-state index contributed by atoms with van der Waals surface area (Å²) in [5.41, 5.74) is 8.66. The maximum atomic E-state index is 12.3. The number of nitrogens with two attached hydrogens (primary N) is 1. The third kappa shape index (κ3) is 6.34. The molecule has 0 atom stereocenters. The molecule has 3 rings (SSSR count). The Balaban J connectivity index is 1.44. The molecular formula is C25H27N3O3. The molecule has 3 aromatic carbocycles. The number of nitrogens with zero attached hydrogens (tertiary/aromatic N) is 1. The molecule has 0 saturated carbocycles. The molecule has 31 heavy (non-hydrogen) atoms. The first-order valence-electron chi connectivity index (χ1n) is 10.1. The fourth-order valence-electron chi connectivity index (χ4n) is 3.05. The number of carbonyl (C=O) groups is 2. The SMILES string of the molecule is CN(C)c1ccc(CCCNC(=O)c2ccc(Oc3ccc(C(N)=O)cc3)cc2)cc1. The Labute approximate surface area is 182 Å². The molecule has 0 saturated heterocycles. The van der Waals surface area contributed by atoms with Crippen molar-refractivity contribution in [2.75, 3.05) is 25.5 Å². The standard InChI is InChI=1S/C25H27N3O3/c1-28(2)21-11-5-18(6-12-21)4-3-17-27-25(30)20-9-15-23(16-10-20)31-22-13-7-19(8-14-22)24(26)29/h5-16H,3-4,17H2,1-2H3,(H2,26,29)(H,27,30). The molecule has 0 aliphatic heterocycles. The van der Waals surface area contributed by atoms with Crippen molar-refractivity contribution >= 4 is 17.5 Å². The van der Waals surface area contributed by atoms with Crippen molar-refractivity contribution in [3.63, 3.8) is 0 Å². The highest BCUT2D eigenvalue weighted by Gasteiger charge is 2.06. The minimum Gasteiger partial charge on any atom is -0.457 e. The van der Waals surface area contributed by atoms with Gasteiger partial charge in [-0.1, -0.05) is 12.1 Å².